The van der Waals surface area contributed by atoms with E-state index in [2.05, 4.69) is 34.3 Å². The minimum Gasteiger partial charge on any atom is -0.328 e. The van der Waals surface area contributed by atoms with Crippen LogP contribution in [0.4, 0.5) is 0 Å². The Hall–Kier alpha value is -0.300. The van der Waals surface area contributed by atoms with Gasteiger partial charge in [-0.1, -0.05) is 33.8 Å². The van der Waals surface area contributed by atoms with Crippen LogP contribution < -0.4 is 5.73 Å². The lowest BCUT2D eigenvalue weighted by Crippen LogP contribution is -2.24. The van der Waals surface area contributed by atoms with Crippen LogP contribution in [0.3, 0.4) is 0 Å². The fraction of sp³-hybridized carbons (Fsp3) is 0.833. The summed E-state index contributed by atoms with van der Waals surface area (Å²) < 4.78 is 0. The van der Waals surface area contributed by atoms with Crippen LogP contribution in [0.15, 0.2) is 12.7 Å². The van der Waals surface area contributed by atoms with Crippen LogP contribution in [0.5, 0.6) is 0 Å². The highest BCUT2D eigenvalue weighted by atomic mass is 14.6. The van der Waals surface area contributed by atoms with E-state index in [4.69, 9.17) is 5.73 Å². The van der Waals surface area contributed by atoms with E-state index >= 15 is 0 Å². The second kappa shape index (κ2) is 5.43. The summed E-state index contributed by atoms with van der Waals surface area (Å²) in [6.45, 7) is 12.7. The molecule has 0 heterocycles. The standard InChI is InChI=1S/C12H25N/c1-6-10(2)9-11(13)7-8-12(3,4)5/h6,10-11H,1,7-9,13H2,2-5H3. The van der Waals surface area contributed by atoms with E-state index in [0.717, 1.165) is 12.8 Å². The molecule has 78 valence electrons. The molecule has 0 aliphatic rings. The third-order valence-corrected chi connectivity index (χ3v) is 2.34. The molecule has 0 radical (unpaired) electrons. The monoisotopic (exact) mass is 183 g/mol. The maximum absolute atomic E-state index is 6.01. The van der Waals surface area contributed by atoms with Crippen LogP contribution in [0.2, 0.25) is 0 Å². The first-order chi connectivity index (χ1) is 5.85. The maximum Gasteiger partial charge on any atom is 0.00445 e. The molecule has 0 aromatic carbocycles. The lowest BCUT2D eigenvalue weighted by Gasteiger charge is -2.21. The first-order valence-electron chi connectivity index (χ1n) is 5.23. The number of hydrogen-bond donors (Lipinski definition) is 1. The van der Waals surface area contributed by atoms with E-state index in [1.807, 2.05) is 6.08 Å². The topological polar surface area (TPSA) is 26.0 Å². The van der Waals surface area contributed by atoms with Gasteiger partial charge in [-0.2, -0.15) is 0 Å². The third kappa shape index (κ3) is 8.04. The van der Waals surface area contributed by atoms with Crippen LogP contribution in [0.1, 0.15) is 47.0 Å². The van der Waals surface area contributed by atoms with Crippen LogP contribution in [0.25, 0.3) is 0 Å². The third-order valence-electron chi connectivity index (χ3n) is 2.34. The predicted octanol–water partition coefficient (Wildman–Crippen LogP) is 3.35. The van der Waals surface area contributed by atoms with Gasteiger partial charge in [-0.3, -0.25) is 0 Å². The van der Waals surface area contributed by atoms with Crippen LogP contribution >= 0.6 is 0 Å². The molecule has 0 rings (SSSR count). The van der Waals surface area contributed by atoms with Crippen LogP contribution in [-0.4, -0.2) is 6.04 Å². The Balaban J connectivity index is 3.63. The zero-order chi connectivity index (χ0) is 10.5. The number of allylic oxidation sites excluding steroid dienone is 1. The molecule has 0 spiro atoms. The first kappa shape index (κ1) is 12.7. The molecule has 0 amide bonds. The molecule has 1 heteroatoms. The number of nitrogens with two attached hydrogens (primary N) is 1. The highest BCUT2D eigenvalue weighted by Gasteiger charge is 2.13. The Morgan fingerprint density at radius 2 is 1.92 bits per heavy atom. The van der Waals surface area contributed by atoms with Crippen molar-refractivity contribution in [2.45, 2.75) is 53.0 Å². The Morgan fingerprint density at radius 1 is 1.38 bits per heavy atom. The average molecular weight is 183 g/mol. The van der Waals surface area contributed by atoms with Gasteiger partial charge in [-0.05, 0) is 30.6 Å². The molecule has 0 aromatic rings. The lowest BCUT2D eigenvalue weighted by atomic mass is 9.87. The molecule has 2 atom stereocenters. The minimum absolute atomic E-state index is 0.340. The van der Waals surface area contributed by atoms with Crippen molar-refractivity contribution in [1.82, 2.24) is 0 Å². The Labute approximate surface area is 83.4 Å². The van der Waals surface area contributed by atoms with E-state index in [9.17, 15) is 0 Å². The second-order valence-corrected chi connectivity index (χ2v) is 5.31. The Kier molecular flexibility index (Phi) is 5.31. The second-order valence-electron chi connectivity index (χ2n) is 5.31. The van der Waals surface area contributed by atoms with Gasteiger partial charge in [0.25, 0.3) is 0 Å². The molecule has 2 N–H and O–H groups in total. The summed E-state index contributed by atoms with van der Waals surface area (Å²) in [6.07, 6.45) is 5.39. The molecule has 0 aromatic heterocycles. The summed E-state index contributed by atoms with van der Waals surface area (Å²) in [5.74, 6) is 0.551. The summed E-state index contributed by atoms with van der Waals surface area (Å²) in [5.41, 5.74) is 6.42. The SMILES string of the molecule is C=CC(C)CC(N)CCC(C)(C)C. The highest BCUT2D eigenvalue weighted by Crippen LogP contribution is 2.22. The summed E-state index contributed by atoms with van der Waals surface area (Å²) in [7, 11) is 0. The van der Waals surface area contributed by atoms with E-state index in [1.54, 1.807) is 0 Å². The molecule has 0 saturated carbocycles. The molecular weight excluding hydrogens is 158 g/mol. The van der Waals surface area contributed by atoms with Gasteiger partial charge < -0.3 is 5.73 Å². The van der Waals surface area contributed by atoms with Crippen molar-refractivity contribution in [1.29, 1.82) is 0 Å². The van der Waals surface area contributed by atoms with Crippen LogP contribution in [-0.2, 0) is 0 Å². The summed E-state index contributed by atoms with van der Waals surface area (Å²) >= 11 is 0. The van der Waals surface area contributed by atoms with Gasteiger partial charge in [-0.15, -0.1) is 6.58 Å². The van der Waals surface area contributed by atoms with Gasteiger partial charge in [0.15, 0.2) is 0 Å². The van der Waals surface area contributed by atoms with E-state index in [-0.39, 0.29) is 0 Å². The fourth-order valence-electron chi connectivity index (χ4n) is 1.31. The smallest absolute Gasteiger partial charge is 0.00445 e. The van der Waals surface area contributed by atoms with Gasteiger partial charge in [0, 0.05) is 6.04 Å². The van der Waals surface area contributed by atoms with Crippen molar-refractivity contribution in [3.63, 3.8) is 0 Å². The lowest BCUT2D eigenvalue weighted by molar-refractivity contribution is 0.337. The summed E-state index contributed by atoms with van der Waals surface area (Å²) in [6, 6.07) is 0.340. The maximum atomic E-state index is 6.01. The normalized spacial score (nSPS) is 16.7. The molecular formula is C12H25N. The summed E-state index contributed by atoms with van der Waals surface area (Å²) in [4.78, 5) is 0. The van der Waals surface area contributed by atoms with E-state index in [0.29, 0.717) is 17.4 Å². The zero-order valence-electron chi connectivity index (χ0n) is 9.64. The van der Waals surface area contributed by atoms with Crippen molar-refractivity contribution >= 4 is 0 Å². The molecule has 13 heavy (non-hydrogen) atoms. The molecule has 2 unspecified atom stereocenters. The predicted molar refractivity (Wildman–Crippen MR) is 60.6 cm³/mol. The highest BCUT2D eigenvalue weighted by molar-refractivity contribution is 4.79. The molecule has 0 aliphatic carbocycles. The fourth-order valence-corrected chi connectivity index (χ4v) is 1.31. The molecule has 0 fully saturated rings. The minimum atomic E-state index is 0.340. The zero-order valence-corrected chi connectivity index (χ0v) is 9.64. The Morgan fingerprint density at radius 3 is 2.31 bits per heavy atom. The van der Waals surface area contributed by atoms with Crippen molar-refractivity contribution in [3.05, 3.63) is 12.7 Å². The quantitative estimate of drug-likeness (QED) is 0.650. The molecule has 1 nitrogen and oxygen atoms in total. The number of rotatable bonds is 5. The molecule has 0 aliphatic heterocycles. The van der Waals surface area contributed by atoms with Gasteiger partial charge in [0.2, 0.25) is 0 Å². The van der Waals surface area contributed by atoms with Crippen molar-refractivity contribution in [2.24, 2.45) is 17.1 Å². The van der Waals surface area contributed by atoms with Crippen molar-refractivity contribution in [2.75, 3.05) is 0 Å². The largest absolute Gasteiger partial charge is 0.328 e. The van der Waals surface area contributed by atoms with Gasteiger partial charge in [0.1, 0.15) is 0 Å². The summed E-state index contributed by atoms with van der Waals surface area (Å²) in [5, 5.41) is 0. The first-order valence-corrected chi connectivity index (χ1v) is 5.23. The van der Waals surface area contributed by atoms with Gasteiger partial charge in [0.05, 0.1) is 0 Å². The number of hydrogen-bond acceptors (Lipinski definition) is 1. The van der Waals surface area contributed by atoms with Gasteiger partial charge >= 0.3 is 0 Å². The van der Waals surface area contributed by atoms with Crippen molar-refractivity contribution < 1.29 is 0 Å². The van der Waals surface area contributed by atoms with Crippen molar-refractivity contribution in [3.8, 4) is 0 Å². The average Bonchev–Trinajstić information content (AvgIpc) is 1.99. The molecule has 0 bridgehead atoms. The Bertz CT molecular complexity index is 144. The van der Waals surface area contributed by atoms with Crippen LogP contribution in [0, 0.1) is 11.3 Å². The molecule has 0 saturated heterocycles. The van der Waals surface area contributed by atoms with Gasteiger partial charge in [-0.25, -0.2) is 0 Å². The van der Waals surface area contributed by atoms with E-state index in [1.165, 1.54) is 6.42 Å². The van der Waals surface area contributed by atoms with E-state index < -0.39 is 0 Å².